The van der Waals surface area contributed by atoms with Crippen LogP contribution in [0.4, 0.5) is 10.5 Å². The maximum absolute atomic E-state index is 12.9. The predicted octanol–water partition coefficient (Wildman–Crippen LogP) is 3.93. The second kappa shape index (κ2) is 8.70. The Bertz CT molecular complexity index is 1130. The molecule has 1 saturated heterocycles. The third-order valence-electron chi connectivity index (χ3n) is 5.61. The van der Waals surface area contributed by atoms with Crippen LogP contribution >= 0.6 is 0 Å². The Hall–Kier alpha value is -3.88. The van der Waals surface area contributed by atoms with Gasteiger partial charge in [-0.1, -0.05) is 23.4 Å². The normalized spacial score (nSPS) is 17.8. The van der Waals surface area contributed by atoms with Crippen molar-refractivity contribution >= 4 is 17.7 Å². The van der Waals surface area contributed by atoms with Crippen molar-refractivity contribution in [1.29, 1.82) is 0 Å². The molecule has 2 aliphatic rings. The molecular formula is C23H22N4O5. The molecule has 0 aliphatic carbocycles. The molecule has 0 bridgehead atoms. The lowest BCUT2D eigenvalue weighted by Crippen LogP contribution is -2.41. The number of amides is 2. The summed E-state index contributed by atoms with van der Waals surface area (Å²) >= 11 is 0. The van der Waals surface area contributed by atoms with Gasteiger partial charge >= 0.3 is 6.09 Å². The molecule has 5 rings (SSSR count). The minimum Gasteiger partial charge on any atom is -0.484 e. The van der Waals surface area contributed by atoms with Gasteiger partial charge in [-0.25, -0.2) is 4.79 Å². The van der Waals surface area contributed by atoms with Gasteiger partial charge in [0.05, 0.1) is 5.69 Å². The van der Waals surface area contributed by atoms with E-state index in [1.165, 1.54) is 0 Å². The smallest absolute Gasteiger partial charge is 0.411 e. The Labute approximate surface area is 184 Å². The number of benzene rings is 2. The van der Waals surface area contributed by atoms with Gasteiger partial charge in [-0.05, 0) is 49.6 Å². The monoisotopic (exact) mass is 434 g/mol. The summed E-state index contributed by atoms with van der Waals surface area (Å²) < 4.78 is 16.2. The molecule has 1 N–H and O–H groups in total. The molecule has 3 heterocycles. The molecule has 9 nitrogen and oxygen atoms in total. The van der Waals surface area contributed by atoms with Gasteiger partial charge in [0.1, 0.15) is 18.4 Å². The number of hydrogen-bond donors (Lipinski definition) is 1. The summed E-state index contributed by atoms with van der Waals surface area (Å²) in [6.07, 6.45) is 2.18. The Balaban J connectivity index is 1.31. The molecule has 32 heavy (non-hydrogen) atoms. The fourth-order valence-corrected chi connectivity index (χ4v) is 3.98. The SMILES string of the molecule is O=C1Nc2ccc(-c3noc([C@H]4CCCCN4C(=O)COc4ccccc4)n3)cc2CO1. The number of nitrogens with one attached hydrogen (secondary N) is 1. The molecule has 9 heteroatoms. The van der Waals surface area contributed by atoms with E-state index < -0.39 is 6.09 Å². The molecule has 164 valence electrons. The summed E-state index contributed by atoms with van der Waals surface area (Å²) in [5.74, 6) is 1.38. The first-order chi connectivity index (χ1) is 15.7. The Kier molecular flexibility index (Phi) is 5.45. The molecule has 2 amide bonds. The number of likely N-dealkylation sites (tertiary alicyclic amines) is 1. The maximum atomic E-state index is 12.9. The first kappa shape index (κ1) is 20.0. The van der Waals surface area contributed by atoms with Crippen molar-refractivity contribution in [2.45, 2.75) is 31.9 Å². The van der Waals surface area contributed by atoms with E-state index in [2.05, 4.69) is 15.5 Å². The lowest BCUT2D eigenvalue weighted by Gasteiger charge is -2.33. The highest BCUT2D eigenvalue weighted by molar-refractivity contribution is 5.88. The van der Waals surface area contributed by atoms with Crippen LogP contribution in [0.25, 0.3) is 11.4 Å². The van der Waals surface area contributed by atoms with Crippen LogP contribution in [0.3, 0.4) is 0 Å². The van der Waals surface area contributed by atoms with Gasteiger partial charge < -0.3 is 18.9 Å². The largest absolute Gasteiger partial charge is 0.484 e. The predicted molar refractivity (Wildman–Crippen MR) is 114 cm³/mol. The number of para-hydroxylation sites is 1. The fraction of sp³-hybridized carbons (Fsp3) is 0.304. The standard InChI is InChI=1S/C23H22N4O5/c28-20(14-30-17-6-2-1-3-7-17)27-11-5-4-8-19(27)22-25-21(26-32-22)15-9-10-18-16(12-15)13-31-23(29)24-18/h1-3,6-7,9-10,12,19H,4-5,8,11,13-14H2,(H,24,29)/t19-/m1/s1. The van der Waals surface area contributed by atoms with Crippen LogP contribution < -0.4 is 10.1 Å². The molecule has 0 unspecified atom stereocenters. The van der Waals surface area contributed by atoms with Crippen molar-refractivity contribution in [2.24, 2.45) is 0 Å². The van der Waals surface area contributed by atoms with Crippen molar-refractivity contribution < 1.29 is 23.6 Å². The van der Waals surface area contributed by atoms with Crippen LogP contribution in [0.1, 0.15) is 36.8 Å². The molecule has 2 aromatic carbocycles. The molecule has 2 aliphatic heterocycles. The number of anilines is 1. The molecule has 0 radical (unpaired) electrons. The first-order valence-electron chi connectivity index (χ1n) is 10.6. The Morgan fingerprint density at radius 3 is 2.94 bits per heavy atom. The second-order valence-corrected chi connectivity index (χ2v) is 7.73. The molecule has 3 aromatic rings. The number of nitrogens with zero attached hydrogens (tertiary/aromatic N) is 3. The van der Waals surface area contributed by atoms with Crippen LogP contribution in [0.5, 0.6) is 5.75 Å². The molecule has 1 aromatic heterocycles. The van der Waals surface area contributed by atoms with Gasteiger partial charge in [0.2, 0.25) is 11.7 Å². The average Bonchev–Trinajstić information content (AvgIpc) is 3.33. The highest BCUT2D eigenvalue weighted by atomic mass is 16.5. The topological polar surface area (TPSA) is 107 Å². The minimum absolute atomic E-state index is 0.0436. The van der Waals surface area contributed by atoms with Crippen molar-refractivity contribution in [3.63, 3.8) is 0 Å². The van der Waals surface area contributed by atoms with Crippen molar-refractivity contribution in [2.75, 3.05) is 18.5 Å². The minimum atomic E-state index is -0.467. The van der Waals surface area contributed by atoms with Crippen molar-refractivity contribution in [3.8, 4) is 17.1 Å². The number of rotatable bonds is 5. The fourth-order valence-electron chi connectivity index (χ4n) is 3.98. The number of piperidine rings is 1. The molecule has 0 spiro atoms. The highest BCUT2D eigenvalue weighted by Gasteiger charge is 2.32. The van der Waals surface area contributed by atoms with E-state index in [4.69, 9.17) is 14.0 Å². The van der Waals surface area contributed by atoms with E-state index >= 15 is 0 Å². The Morgan fingerprint density at radius 2 is 2.06 bits per heavy atom. The van der Waals surface area contributed by atoms with E-state index in [1.807, 2.05) is 42.5 Å². The molecule has 1 fully saturated rings. The molecule has 0 saturated carbocycles. The number of aromatic nitrogens is 2. The van der Waals surface area contributed by atoms with E-state index in [0.29, 0.717) is 29.7 Å². The van der Waals surface area contributed by atoms with Gasteiger partial charge in [-0.3, -0.25) is 10.1 Å². The van der Waals surface area contributed by atoms with Gasteiger partial charge in [0.15, 0.2) is 6.61 Å². The maximum Gasteiger partial charge on any atom is 0.411 e. The summed E-state index contributed by atoms with van der Waals surface area (Å²) in [6.45, 7) is 0.763. The van der Waals surface area contributed by atoms with Crippen LogP contribution in [0.15, 0.2) is 53.1 Å². The zero-order valence-electron chi connectivity index (χ0n) is 17.3. The van der Waals surface area contributed by atoms with Crippen molar-refractivity contribution in [1.82, 2.24) is 15.0 Å². The number of cyclic esters (lactones) is 1. The van der Waals surface area contributed by atoms with Crippen LogP contribution in [-0.2, 0) is 16.1 Å². The van der Waals surface area contributed by atoms with E-state index in [-0.39, 0.29) is 25.2 Å². The summed E-state index contributed by atoms with van der Waals surface area (Å²) in [5.41, 5.74) is 2.29. The summed E-state index contributed by atoms with van der Waals surface area (Å²) in [7, 11) is 0. The summed E-state index contributed by atoms with van der Waals surface area (Å²) in [5, 5.41) is 6.79. The number of ether oxygens (including phenoxy) is 2. The third kappa shape index (κ3) is 4.14. The number of hydrogen-bond acceptors (Lipinski definition) is 7. The van der Waals surface area contributed by atoms with Gasteiger partial charge in [-0.2, -0.15) is 4.98 Å². The first-order valence-corrected chi connectivity index (χ1v) is 10.6. The van der Waals surface area contributed by atoms with Gasteiger partial charge in [0.25, 0.3) is 5.91 Å². The second-order valence-electron chi connectivity index (χ2n) is 7.73. The van der Waals surface area contributed by atoms with E-state index in [1.54, 1.807) is 11.0 Å². The average molecular weight is 434 g/mol. The summed E-state index contributed by atoms with van der Waals surface area (Å²) in [4.78, 5) is 30.6. The lowest BCUT2D eigenvalue weighted by molar-refractivity contribution is -0.138. The van der Waals surface area contributed by atoms with Crippen LogP contribution in [0.2, 0.25) is 0 Å². The number of carbonyl (C=O) groups is 2. The quantitative estimate of drug-likeness (QED) is 0.648. The zero-order chi connectivity index (χ0) is 21.9. The number of carbonyl (C=O) groups excluding carboxylic acids is 2. The number of fused-ring (bicyclic) bond motifs is 1. The van der Waals surface area contributed by atoms with E-state index in [0.717, 1.165) is 30.4 Å². The van der Waals surface area contributed by atoms with Gasteiger partial charge in [0, 0.05) is 17.7 Å². The Morgan fingerprint density at radius 1 is 1.19 bits per heavy atom. The van der Waals surface area contributed by atoms with Crippen LogP contribution in [-0.4, -0.2) is 40.2 Å². The lowest BCUT2D eigenvalue weighted by atomic mass is 10.0. The van der Waals surface area contributed by atoms with E-state index in [9.17, 15) is 9.59 Å². The molecule has 1 atom stereocenters. The van der Waals surface area contributed by atoms with Crippen molar-refractivity contribution in [3.05, 3.63) is 60.0 Å². The highest BCUT2D eigenvalue weighted by Crippen LogP contribution is 2.32. The summed E-state index contributed by atoms with van der Waals surface area (Å²) in [6, 6.07) is 14.5. The molecular weight excluding hydrogens is 412 g/mol. The van der Waals surface area contributed by atoms with Gasteiger partial charge in [-0.15, -0.1) is 0 Å². The third-order valence-corrected chi connectivity index (χ3v) is 5.61. The van der Waals surface area contributed by atoms with Crippen LogP contribution in [0, 0.1) is 0 Å². The zero-order valence-corrected chi connectivity index (χ0v) is 17.3.